The van der Waals surface area contributed by atoms with Gasteiger partial charge in [0, 0.05) is 32.3 Å². The molecule has 0 spiro atoms. The number of hydrogen-bond donors (Lipinski definition) is 1. The van der Waals surface area contributed by atoms with Crippen LogP contribution in [0.5, 0.6) is 0 Å². The molecule has 1 N–H and O–H groups in total. The summed E-state index contributed by atoms with van der Waals surface area (Å²) in [6.07, 6.45) is 4.68. The van der Waals surface area contributed by atoms with Gasteiger partial charge in [-0.3, -0.25) is 0 Å². The number of piperidine rings is 1. The molecule has 2 rings (SSSR count). The van der Waals surface area contributed by atoms with Crippen LogP contribution in [0.25, 0.3) is 0 Å². The Labute approximate surface area is 134 Å². The van der Waals surface area contributed by atoms with Crippen LogP contribution in [0.4, 0.5) is 4.79 Å². The number of hydrogen-bond acceptors (Lipinski definition) is 4. The second-order valence-corrected chi connectivity index (χ2v) is 7.81. The summed E-state index contributed by atoms with van der Waals surface area (Å²) >= 11 is 0. The molecule has 1 aliphatic heterocycles. The predicted molar refractivity (Wildman–Crippen MR) is 86.9 cm³/mol. The van der Waals surface area contributed by atoms with E-state index in [4.69, 9.17) is 9.47 Å². The highest BCUT2D eigenvalue weighted by Gasteiger charge is 2.34. The van der Waals surface area contributed by atoms with Gasteiger partial charge in [0.25, 0.3) is 0 Å². The van der Waals surface area contributed by atoms with E-state index < -0.39 is 5.60 Å². The molecule has 2 fully saturated rings. The third-order valence-electron chi connectivity index (χ3n) is 4.74. The molecule has 2 atom stereocenters. The summed E-state index contributed by atoms with van der Waals surface area (Å²) in [5, 5.41) is 3.70. The topological polar surface area (TPSA) is 50.8 Å². The average Bonchev–Trinajstić information content (AvgIpc) is 2.40. The lowest BCUT2D eigenvalue weighted by atomic mass is 9.86. The summed E-state index contributed by atoms with van der Waals surface area (Å²) < 4.78 is 10.8. The molecular weight excluding hydrogens is 280 g/mol. The lowest BCUT2D eigenvalue weighted by Gasteiger charge is -2.41. The van der Waals surface area contributed by atoms with Gasteiger partial charge in [-0.05, 0) is 59.3 Å². The van der Waals surface area contributed by atoms with Crippen LogP contribution in [0, 0.1) is 5.92 Å². The van der Waals surface area contributed by atoms with Crippen molar-refractivity contribution in [1.29, 1.82) is 0 Å². The number of rotatable bonds is 4. The van der Waals surface area contributed by atoms with Crippen molar-refractivity contribution in [3.63, 3.8) is 0 Å². The van der Waals surface area contributed by atoms with Crippen molar-refractivity contribution in [3.05, 3.63) is 0 Å². The largest absolute Gasteiger partial charge is 0.444 e. The molecule has 0 bridgehead atoms. The van der Waals surface area contributed by atoms with Crippen LogP contribution in [-0.4, -0.2) is 55.0 Å². The first kappa shape index (κ1) is 17.5. The Morgan fingerprint density at radius 2 is 2.00 bits per heavy atom. The van der Waals surface area contributed by atoms with Crippen LogP contribution in [-0.2, 0) is 9.47 Å². The molecule has 0 aromatic heterocycles. The molecule has 1 amide bonds. The molecule has 2 aliphatic rings. The zero-order valence-corrected chi connectivity index (χ0v) is 14.7. The third kappa shape index (κ3) is 4.85. The summed E-state index contributed by atoms with van der Waals surface area (Å²) in [6.45, 7) is 9.60. The van der Waals surface area contributed by atoms with Gasteiger partial charge in [-0.25, -0.2) is 4.79 Å². The number of nitrogens with one attached hydrogen (secondary N) is 1. The molecule has 5 heteroatoms. The van der Waals surface area contributed by atoms with Crippen LogP contribution in [0.3, 0.4) is 0 Å². The zero-order valence-electron chi connectivity index (χ0n) is 14.7. The molecule has 128 valence electrons. The van der Waals surface area contributed by atoms with Crippen LogP contribution in [0.2, 0.25) is 0 Å². The highest BCUT2D eigenvalue weighted by molar-refractivity contribution is 5.68. The maximum Gasteiger partial charge on any atom is 0.410 e. The summed E-state index contributed by atoms with van der Waals surface area (Å²) in [7, 11) is 1.78. The number of nitrogens with zero attached hydrogens (tertiary/aromatic N) is 1. The Balaban J connectivity index is 1.78. The highest BCUT2D eigenvalue weighted by atomic mass is 16.6. The van der Waals surface area contributed by atoms with E-state index in [1.807, 2.05) is 25.7 Å². The zero-order chi connectivity index (χ0) is 16.3. The molecule has 2 unspecified atom stereocenters. The molecule has 22 heavy (non-hydrogen) atoms. The minimum atomic E-state index is -0.422. The Bertz CT molecular complexity index is 375. The molecule has 0 radical (unpaired) electrons. The van der Waals surface area contributed by atoms with Gasteiger partial charge in [0.2, 0.25) is 0 Å². The minimum Gasteiger partial charge on any atom is -0.444 e. The normalized spacial score (nSPS) is 30.6. The smallest absolute Gasteiger partial charge is 0.410 e. The summed E-state index contributed by atoms with van der Waals surface area (Å²) in [5.74, 6) is 0.503. The maximum absolute atomic E-state index is 12.2. The first-order valence-electron chi connectivity index (χ1n) is 8.55. The van der Waals surface area contributed by atoms with Gasteiger partial charge >= 0.3 is 6.09 Å². The van der Waals surface area contributed by atoms with Crippen molar-refractivity contribution in [3.8, 4) is 0 Å². The SMILES string of the molecule is COC1CC(NC(C)C2CCCN(C(=O)OC(C)(C)C)C2)C1. The molecule has 0 aromatic rings. The molecule has 0 aromatic carbocycles. The van der Waals surface area contributed by atoms with Gasteiger partial charge in [0.05, 0.1) is 6.10 Å². The Morgan fingerprint density at radius 3 is 2.59 bits per heavy atom. The van der Waals surface area contributed by atoms with Gasteiger partial charge in [-0.1, -0.05) is 0 Å². The number of amides is 1. The molecule has 1 aliphatic carbocycles. The van der Waals surface area contributed by atoms with Crippen LogP contribution in [0.1, 0.15) is 53.4 Å². The fraction of sp³-hybridized carbons (Fsp3) is 0.941. The number of ether oxygens (including phenoxy) is 2. The van der Waals surface area contributed by atoms with Crippen molar-refractivity contribution < 1.29 is 14.3 Å². The van der Waals surface area contributed by atoms with E-state index >= 15 is 0 Å². The quantitative estimate of drug-likeness (QED) is 0.867. The third-order valence-corrected chi connectivity index (χ3v) is 4.74. The van der Waals surface area contributed by atoms with Crippen molar-refractivity contribution >= 4 is 6.09 Å². The number of likely N-dealkylation sites (tertiary alicyclic amines) is 1. The van der Waals surface area contributed by atoms with Crippen LogP contribution < -0.4 is 5.32 Å². The van der Waals surface area contributed by atoms with Gasteiger partial charge in [-0.15, -0.1) is 0 Å². The number of carbonyl (C=O) groups is 1. The number of methoxy groups -OCH3 is 1. The molecule has 1 heterocycles. The van der Waals surface area contributed by atoms with E-state index in [2.05, 4.69) is 12.2 Å². The van der Waals surface area contributed by atoms with E-state index in [0.29, 0.717) is 24.1 Å². The summed E-state index contributed by atoms with van der Waals surface area (Å²) in [4.78, 5) is 14.1. The second-order valence-electron chi connectivity index (χ2n) is 7.81. The molecule has 5 nitrogen and oxygen atoms in total. The van der Waals surface area contributed by atoms with Crippen LogP contribution in [0.15, 0.2) is 0 Å². The standard InChI is InChI=1S/C17H32N2O3/c1-12(18-14-9-15(10-14)21-5)13-7-6-8-19(11-13)16(20)22-17(2,3)4/h12-15,18H,6-11H2,1-5H3. The maximum atomic E-state index is 12.2. The highest BCUT2D eigenvalue weighted by Crippen LogP contribution is 2.26. The molecular formula is C17H32N2O3. The molecule has 1 saturated carbocycles. The minimum absolute atomic E-state index is 0.174. The monoisotopic (exact) mass is 312 g/mol. The van der Waals surface area contributed by atoms with Crippen molar-refractivity contribution in [1.82, 2.24) is 10.2 Å². The van der Waals surface area contributed by atoms with Gasteiger partial charge in [-0.2, -0.15) is 0 Å². The number of carbonyl (C=O) groups excluding carboxylic acids is 1. The van der Waals surface area contributed by atoms with E-state index in [1.54, 1.807) is 7.11 Å². The van der Waals surface area contributed by atoms with E-state index in [9.17, 15) is 4.79 Å². The van der Waals surface area contributed by atoms with Gasteiger partial charge in [0.15, 0.2) is 0 Å². The van der Waals surface area contributed by atoms with Gasteiger partial charge in [0.1, 0.15) is 5.60 Å². The van der Waals surface area contributed by atoms with Crippen molar-refractivity contribution in [2.45, 2.75) is 77.2 Å². The predicted octanol–water partition coefficient (Wildman–Crippen LogP) is 2.79. The van der Waals surface area contributed by atoms with E-state index in [0.717, 1.165) is 32.4 Å². The lowest BCUT2D eigenvalue weighted by molar-refractivity contribution is 0.00468. The first-order chi connectivity index (χ1) is 10.3. The second kappa shape index (κ2) is 7.18. The summed E-state index contributed by atoms with van der Waals surface area (Å²) in [5.41, 5.74) is -0.422. The first-order valence-corrected chi connectivity index (χ1v) is 8.55. The summed E-state index contributed by atoms with van der Waals surface area (Å²) in [6, 6.07) is 0.991. The van der Waals surface area contributed by atoms with E-state index in [-0.39, 0.29) is 6.09 Å². The Morgan fingerprint density at radius 1 is 1.32 bits per heavy atom. The van der Waals surface area contributed by atoms with Gasteiger partial charge < -0.3 is 19.7 Å². The fourth-order valence-corrected chi connectivity index (χ4v) is 3.31. The van der Waals surface area contributed by atoms with E-state index in [1.165, 1.54) is 6.42 Å². The molecule has 1 saturated heterocycles. The van der Waals surface area contributed by atoms with Crippen molar-refractivity contribution in [2.75, 3.05) is 20.2 Å². The lowest BCUT2D eigenvalue weighted by Crippen LogP contribution is -2.53. The van der Waals surface area contributed by atoms with Crippen molar-refractivity contribution in [2.24, 2.45) is 5.92 Å². The van der Waals surface area contributed by atoms with Crippen LogP contribution >= 0.6 is 0 Å². The average molecular weight is 312 g/mol. The Hall–Kier alpha value is -0.810. The Kier molecular flexibility index (Phi) is 5.72. The fourth-order valence-electron chi connectivity index (χ4n) is 3.31.